The molecule has 0 radical (unpaired) electrons. The number of ether oxygens (including phenoxy) is 1. The van der Waals surface area contributed by atoms with Gasteiger partial charge in [0.2, 0.25) is 0 Å². The molecular formula is C15H22N4O. The van der Waals surface area contributed by atoms with Crippen LogP contribution in [0.3, 0.4) is 0 Å². The zero-order valence-corrected chi connectivity index (χ0v) is 12.3. The van der Waals surface area contributed by atoms with Crippen molar-refractivity contribution in [3.05, 3.63) is 42.0 Å². The second-order valence-electron chi connectivity index (χ2n) is 5.00. The first-order valence-electron chi connectivity index (χ1n) is 6.75. The van der Waals surface area contributed by atoms with Crippen LogP contribution in [0.25, 0.3) is 0 Å². The van der Waals surface area contributed by atoms with Crippen molar-refractivity contribution < 1.29 is 4.74 Å². The number of nitrogens with one attached hydrogen (secondary N) is 2. The van der Waals surface area contributed by atoms with Gasteiger partial charge in [0.1, 0.15) is 12.4 Å². The van der Waals surface area contributed by atoms with Crippen molar-refractivity contribution in [2.75, 3.05) is 32.6 Å². The predicted molar refractivity (Wildman–Crippen MR) is 81.1 cm³/mol. The van der Waals surface area contributed by atoms with Crippen molar-refractivity contribution in [1.29, 1.82) is 0 Å². The van der Waals surface area contributed by atoms with Crippen molar-refractivity contribution >= 4 is 5.69 Å². The Kier molecular flexibility index (Phi) is 5.01. The van der Waals surface area contributed by atoms with E-state index in [4.69, 9.17) is 4.74 Å². The Labute approximate surface area is 120 Å². The number of hydrogen-bond acceptors (Lipinski definition) is 4. The smallest absolute Gasteiger partial charge is 0.119 e. The minimum atomic E-state index is 0.701. The largest absolute Gasteiger partial charge is 0.492 e. The molecule has 1 aromatic carbocycles. The van der Waals surface area contributed by atoms with E-state index >= 15 is 0 Å². The van der Waals surface area contributed by atoms with Gasteiger partial charge >= 0.3 is 0 Å². The zero-order chi connectivity index (χ0) is 14.4. The summed E-state index contributed by atoms with van der Waals surface area (Å²) < 4.78 is 5.65. The van der Waals surface area contributed by atoms with Crippen molar-refractivity contribution in [1.82, 2.24) is 14.9 Å². The number of aromatic amines is 1. The Bertz CT molecular complexity index is 519. The molecule has 0 fully saturated rings. The molecule has 1 aromatic heterocycles. The van der Waals surface area contributed by atoms with E-state index in [1.807, 2.05) is 45.3 Å². The van der Waals surface area contributed by atoms with E-state index in [1.54, 1.807) is 6.33 Å². The minimum Gasteiger partial charge on any atom is -0.492 e. The molecule has 5 heteroatoms. The van der Waals surface area contributed by atoms with Crippen molar-refractivity contribution in [2.45, 2.75) is 13.5 Å². The van der Waals surface area contributed by atoms with Crippen LogP contribution in [-0.4, -0.2) is 42.1 Å². The van der Waals surface area contributed by atoms with Gasteiger partial charge in [0.05, 0.1) is 18.6 Å². The fraction of sp³-hybridized carbons (Fsp3) is 0.400. The number of rotatable bonds is 7. The minimum absolute atomic E-state index is 0.701. The Morgan fingerprint density at radius 3 is 2.60 bits per heavy atom. The number of nitrogens with zero attached hydrogens (tertiary/aromatic N) is 2. The van der Waals surface area contributed by atoms with E-state index in [-0.39, 0.29) is 0 Å². The molecule has 20 heavy (non-hydrogen) atoms. The topological polar surface area (TPSA) is 53.2 Å². The molecule has 0 aliphatic carbocycles. The maximum absolute atomic E-state index is 5.65. The molecule has 0 aliphatic heterocycles. The molecule has 0 saturated heterocycles. The molecule has 0 atom stereocenters. The van der Waals surface area contributed by atoms with Crippen molar-refractivity contribution in [3.8, 4) is 5.75 Å². The third kappa shape index (κ3) is 4.28. The second kappa shape index (κ2) is 6.96. The zero-order valence-electron chi connectivity index (χ0n) is 12.3. The van der Waals surface area contributed by atoms with Crippen LogP contribution >= 0.6 is 0 Å². The van der Waals surface area contributed by atoms with Crippen LogP contribution in [0.15, 0.2) is 30.6 Å². The number of imidazole rings is 1. The van der Waals surface area contributed by atoms with Gasteiger partial charge in [-0.25, -0.2) is 4.98 Å². The first-order valence-corrected chi connectivity index (χ1v) is 6.75. The van der Waals surface area contributed by atoms with E-state index < -0.39 is 0 Å². The van der Waals surface area contributed by atoms with Crippen LogP contribution in [0.4, 0.5) is 5.69 Å². The summed E-state index contributed by atoms with van der Waals surface area (Å²) in [4.78, 5) is 9.43. The molecule has 2 N–H and O–H groups in total. The highest BCUT2D eigenvalue weighted by molar-refractivity contribution is 5.46. The van der Waals surface area contributed by atoms with Crippen LogP contribution in [0.2, 0.25) is 0 Å². The molecule has 0 bridgehead atoms. The second-order valence-corrected chi connectivity index (χ2v) is 5.00. The van der Waals surface area contributed by atoms with Crippen molar-refractivity contribution in [2.24, 2.45) is 0 Å². The summed E-state index contributed by atoms with van der Waals surface area (Å²) in [5.41, 5.74) is 3.20. The molecule has 2 aromatic rings. The average molecular weight is 274 g/mol. The number of H-pyrrole nitrogens is 1. The molecule has 108 valence electrons. The van der Waals surface area contributed by atoms with Gasteiger partial charge in [-0.2, -0.15) is 0 Å². The Morgan fingerprint density at radius 2 is 2.00 bits per heavy atom. The summed E-state index contributed by atoms with van der Waals surface area (Å²) in [5, 5.41) is 3.34. The third-order valence-electron chi connectivity index (χ3n) is 3.06. The average Bonchev–Trinajstić information content (AvgIpc) is 2.83. The van der Waals surface area contributed by atoms with Gasteiger partial charge in [0, 0.05) is 17.9 Å². The number of likely N-dealkylation sites (N-methyl/N-ethyl adjacent to an activating group) is 1. The molecule has 0 amide bonds. The van der Waals surface area contributed by atoms with Crippen LogP contribution in [0.5, 0.6) is 5.75 Å². The van der Waals surface area contributed by atoms with E-state index in [0.29, 0.717) is 6.61 Å². The standard InChI is InChI=1S/C15H22N4O/c1-12-15(18-11-17-12)10-16-13-4-6-14(7-5-13)20-9-8-19(2)3/h4-7,11,16H,8-10H2,1-3H3,(H,17,18). The summed E-state index contributed by atoms with van der Waals surface area (Å²) >= 11 is 0. The van der Waals surface area contributed by atoms with Gasteiger partial charge in [-0.05, 0) is 45.3 Å². The van der Waals surface area contributed by atoms with Crippen molar-refractivity contribution in [3.63, 3.8) is 0 Å². The Morgan fingerprint density at radius 1 is 1.25 bits per heavy atom. The molecule has 0 saturated carbocycles. The maximum Gasteiger partial charge on any atom is 0.119 e. The lowest BCUT2D eigenvalue weighted by molar-refractivity contribution is 0.261. The Hall–Kier alpha value is -2.01. The molecule has 2 rings (SSSR count). The summed E-state index contributed by atoms with van der Waals surface area (Å²) in [5.74, 6) is 0.897. The fourth-order valence-electron chi connectivity index (χ4n) is 1.77. The van der Waals surface area contributed by atoms with Gasteiger partial charge in [0.25, 0.3) is 0 Å². The van der Waals surface area contributed by atoms with E-state index in [2.05, 4.69) is 20.2 Å². The predicted octanol–water partition coefficient (Wildman–Crippen LogP) is 2.27. The van der Waals surface area contributed by atoms with E-state index in [9.17, 15) is 0 Å². The number of hydrogen-bond donors (Lipinski definition) is 2. The first-order chi connectivity index (χ1) is 9.65. The summed E-state index contributed by atoms with van der Waals surface area (Å²) in [6, 6.07) is 8.00. The Balaban J connectivity index is 1.81. The van der Waals surface area contributed by atoms with Crippen LogP contribution in [-0.2, 0) is 6.54 Å². The normalized spacial score (nSPS) is 10.8. The van der Waals surface area contributed by atoms with E-state index in [0.717, 1.165) is 35.9 Å². The van der Waals surface area contributed by atoms with Crippen LogP contribution in [0, 0.1) is 6.92 Å². The lowest BCUT2D eigenvalue weighted by Crippen LogP contribution is -2.19. The molecule has 5 nitrogen and oxygen atoms in total. The first kappa shape index (κ1) is 14.4. The molecule has 0 aliphatic rings. The summed E-state index contributed by atoms with van der Waals surface area (Å²) in [6.07, 6.45) is 1.72. The highest BCUT2D eigenvalue weighted by atomic mass is 16.5. The lowest BCUT2D eigenvalue weighted by atomic mass is 10.3. The number of aromatic nitrogens is 2. The number of benzene rings is 1. The maximum atomic E-state index is 5.65. The van der Waals surface area contributed by atoms with Gasteiger partial charge < -0.3 is 19.9 Å². The van der Waals surface area contributed by atoms with Gasteiger partial charge in [-0.3, -0.25) is 0 Å². The van der Waals surface area contributed by atoms with Gasteiger partial charge in [-0.15, -0.1) is 0 Å². The fourth-order valence-corrected chi connectivity index (χ4v) is 1.77. The highest BCUT2D eigenvalue weighted by Crippen LogP contribution is 2.16. The van der Waals surface area contributed by atoms with Gasteiger partial charge in [0.15, 0.2) is 0 Å². The summed E-state index contributed by atoms with van der Waals surface area (Å²) in [6.45, 7) is 4.35. The molecule has 0 spiro atoms. The molecule has 1 heterocycles. The van der Waals surface area contributed by atoms with Crippen LogP contribution < -0.4 is 10.1 Å². The quantitative estimate of drug-likeness (QED) is 0.813. The third-order valence-corrected chi connectivity index (χ3v) is 3.06. The lowest BCUT2D eigenvalue weighted by Gasteiger charge is -2.11. The highest BCUT2D eigenvalue weighted by Gasteiger charge is 2.01. The van der Waals surface area contributed by atoms with Gasteiger partial charge in [-0.1, -0.05) is 0 Å². The van der Waals surface area contributed by atoms with Crippen LogP contribution in [0.1, 0.15) is 11.4 Å². The molecular weight excluding hydrogens is 252 g/mol. The summed E-state index contributed by atoms with van der Waals surface area (Å²) in [7, 11) is 4.07. The number of aryl methyl sites for hydroxylation is 1. The van der Waals surface area contributed by atoms with E-state index in [1.165, 1.54) is 0 Å². The SMILES string of the molecule is Cc1[nH]cnc1CNc1ccc(OCCN(C)C)cc1. The molecule has 0 unspecified atom stereocenters. The monoisotopic (exact) mass is 274 g/mol. The number of anilines is 1.